The van der Waals surface area contributed by atoms with E-state index in [1.165, 1.54) is 47.6 Å². The quantitative estimate of drug-likeness (QED) is 0.0955. The molecule has 0 fully saturated rings. The summed E-state index contributed by atoms with van der Waals surface area (Å²) in [4.78, 5) is 26.7. The Hall–Kier alpha value is -2.32. The van der Waals surface area contributed by atoms with E-state index in [-0.39, 0.29) is 5.78 Å². The van der Waals surface area contributed by atoms with Crippen molar-refractivity contribution in [2.75, 3.05) is 6.61 Å². The van der Waals surface area contributed by atoms with Crippen molar-refractivity contribution < 1.29 is 18.9 Å². The molecule has 0 saturated heterocycles. The number of esters is 1. The van der Waals surface area contributed by atoms with Crippen molar-refractivity contribution in [1.29, 1.82) is 0 Å². The van der Waals surface area contributed by atoms with Gasteiger partial charge in [0.2, 0.25) is 0 Å². The summed E-state index contributed by atoms with van der Waals surface area (Å²) in [5, 5.41) is 0. The first kappa shape index (κ1) is 29.7. The molecule has 0 heterocycles. The minimum Gasteiger partial charge on any atom is -0.465 e. The van der Waals surface area contributed by atoms with Crippen LogP contribution >= 0.6 is 9.12 Å². The highest BCUT2D eigenvalue weighted by molar-refractivity contribution is 7.00. The number of hydrogen-bond acceptors (Lipinski definition) is 4. The van der Waals surface area contributed by atoms with Gasteiger partial charge in [0.25, 0.3) is 0 Å². The molecule has 0 saturated carbocycles. The normalized spacial score (nSPS) is 11.3. The van der Waals surface area contributed by atoms with Gasteiger partial charge in [0.05, 0.1) is 6.61 Å². The molecule has 2 aromatic rings. The average molecular weight is 486 g/mol. The molecule has 34 heavy (non-hydrogen) atoms. The molecule has 0 amide bonds. The summed E-state index contributed by atoms with van der Waals surface area (Å²) in [6.07, 6.45) is 9.48. The second kappa shape index (κ2) is 16.3. The maximum absolute atomic E-state index is 13.7. The van der Waals surface area contributed by atoms with Crippen LogP contribution in [0.5, 0.6) is 0 Å². The Kier molecular flexibility index (Phi) is 14.3. The van der Waals surface area contributed by atoms with Gasteiger partial charge in [-0.05, 0) is 61.9 Å². The van der Waals surface area contributed by atoms with Crippen LogP contribution in [0.15, 0.2) is 36.4 Å². The number of aryl methyl sites for hydroxylation is 2. The molecule has 2 unspecified atom stereocenters. The Labute approximate surface area is 208 Å². The van der Waals surface area contributed by atoms with Crippen LogP contribution in [0.4, 0.5) is 0 Å². The molecule has 5 heteroatoms. The Bertz CT molecular complexity index is 908. The molecule has 0 aliphatic rings. The van der Waals surface area contributed by atoms with Gasteiger partial charge in [-0.1, -0.05) is 92.8 Å². The zero-order valence-corrected chi connectivity index (χ0v) is 22.8. The predicted octanol–water partition coefficient (Wildman–Crippen LogP) is 7.78. The third kappa shape index (κ3) is 8.80. The minimum absolute atomic E-state index is 0.171. The number of Topliss-reactive ketones (excluding diaryl/α,β-unsaturated/α-hetero) is 1. The number of ether oxygens (including phenoxy) is 1. The summed E-state index contributed by atoms with van der Waals surface area (Å²) >= 11 is 0. The van der Waals surface area contributed by atoms with Crippen molar-refractivity contribution >= 4 is 20.9 Å². The van der Waals surface area contributed by atoms with Crippen molar-refractivity contribution in [3.63, 3.8) is 0 Å². The lowest BCUT2D eigenvalue weighted by molar-refractivity contribution is -0.144. The molecule has 0 aliphatic heterocycles. The number of carbonyl (C=O) groups excluding carboxylic acids is 2. The van der Waals surface area contributed by atoms with Crippen molar-refractivity contribution in [3.05, 3.63) is 69.8 Å². The molecule has 2 atom stereocenters. The first-order chi connectivity index (χ1) is 16.4. The number of ketones is 1. The first-order valence-corrected chi connectivity index (χ1v) is 12.9. The van der Waals surface area contributed by atoms with Gasteiger partial charge in [0, 0.05) is 5.56 Å². The smallest absolute Gasteiger partial charge is 0.321 e. The third-order valence-corrected chi connectivity index (χ3v) is 6.48. The monoisotopic (exact) mass is 485 g/mol. The lowest BCUT2D eigenvalue weighted by Crippen LogP contribution is -2.26. The van der Waals surface area contributed by atoms with Crippen LogP contribution in [0.2, 0.25) is 0 Å². The molecule has 0 spiro atoms. The van der Waals surface area contributed by atoms with Crippen molar-refractivity contribution in [2.45, 2.75) is 91.9 Å². The van der Waals surface area contributed by atoms with E-state index in [1.807, 2.05) is 57.2 Å². The van der Waals surface area contributed by atoms with Crippen molar-refractivity contribution in [1.82, 2.24) is 0 Å². The van der Waals surface area contributed by atoms with E-state index in [4.69, 9.17) is 9.30 Å². The molecule has 186 valence electrons. The number of unbranched alkanes of at least 4 members (excludes halogenated alkanes) is 7. The van der Waals surface area contributed by atoms with Crippen LogP contribution in [0.1, 0.15) is 102 Å². The van der Waals surface area contributed by atoms with Crippen LogP contribution in [-0.2, 0) is 14.1 Å². The van der Waals surface area contributed by atoms with Gasteiger partial charge in [-0.25, -0.2) is 0 Å². The van der Waals surface area contributed by atoms with E-state index >= 15 is 0 Å². The minimum atomic E-state index is -0.926. The van der Waals surface area contributed by atoms with Gasteiger partial charge in [0.15, 0.2) is 5.78 Å². The summed E-state index contributed by atoms with van der Waals surface area (Å²) < 4.78 is 13.8. The Morgan fingerprint density at radius 1 is 0.794 bits per heavy atom. The number of rotatable bonds is 13. The summed E-state index contributed by atoms with van der Waals surface area (Å²) in [7, 11) is 1.17. The molecule has 0 N–H and O–H groups in total. The number of hydrogen-bond donors (Lipinski definition) is 0. The standard InChI is InChI=1S/C29H40O3.H2OP/c1-6-7-8-9-10-11-12-16-19-32-29(31)27(25-17-14-13-15-18-25)28(30)26-22(3)20-21(2)23(4)24(26)5;1-2/h13-15,17-18,20,27H,6-12,16,19H2,1-5H3;2H2/q;+1. The summed E-state index contributed by atoms with van der Waals surface area (Å²) in [5.41, 5.74) is 5.45. The van der Waals surface area contributed by atoms with E-state index in [1.54, 1.807) is 0 Å². The molecule has 0 aromatic heterocycles. The fraction of sp³-hybridized carbons (Fsp3) is 0.517. The van der Waals surface area contributed by atoms with E-state index < -0.39 is 11.9 Å². The molecular weight excluding hydrogens is 443 g/mol. The molecular formula is C29H42O4P+. The van der Waals surface area contributed by atoms with E-state index in [2.05, 4.69) is 13.8 Å². The van der Waals surface area contributed by atoms with Crippen molar-refractivity contribution in [3.8, 4) is 0 Å². The molecule has 2 rings (SSSR count). The highest BCUT2D eigenvalue weighted by Gasteiger charge is 2.33. The van der Waals surface area contributed by atoms with Crippen LogP contribution in [0.25, 0.3) is 0 Å². The van der Waals surface area contributed by atoms with E-state index in [9.17, 15) is 9.59 Å². The van der Waals surface area contributed by atoms with Crippen molar-refractivity contribution in [2.24, 2.45) is 0 Å². The van der Waals surface area contributed by atoms with Crippen LogP contribution in [0.3, 0.4) is 0 Å². The van der Waals surface area contributed by atoms with Gasteiger partial charge in [0.1, 0.15) is 5.92 Å². The number of carbonyl (C=O) groups is 2. The average Bonchev–Trinajstić information content (AvgIpc) is 2.83. The second-order valence-electron chi connectivity index (χ2n) is 8.99. The van der Waals surface area contributed by atoms with E-state index in [0.29, 0.717) is 17.7 Å². The predicted molar refractivity (Wildman–Crippen MR) is 143 cm³/mol. The Morgan fingerprint density at radius 2 is 1.35 bits per heavy atom. The topological polar surface area (TPSA) is 60.4 Å². The van der Waals surface area contributed by atoms with Crippen LogP contribution in [-0.4, -0.2) is 18.4 Å². The van der Waals surface area contributed by atoms with Gasteiger partial charge < -0.3 is 4.74 Å². The summed E-state index contributed by atoms with van der Waals surface area (Å²) in [6, 6.07) is 11.3. The molecule has 2 aromatic carbocycles. The third-order valence-electron chi connectivity index (χ3n) is 6.48. The zero-order valence-electron chi connectivity index (χ0n) is 21.6. The van der Waals surface area contributed by atoms with Crippen LogP contribution < -0.4 is 0 Å². The van der Waals surface area contributed by atoms with Gasteiger partial charge in [-0.3, -0.25) is 9.59 Å². The van der Waals surface area contributed by atoms with Gasteiger partial charge >= 0.3 is 15.1 Å². The van der Waals surface area contributed by atoms with Crippen LogP contribution in [0, 0.1) is 27.7 Å². The second-order valence-corrected chi connectivity index (χ2v) is 8.99. The Morgan fingerprint density at radius 3 is 1.94 bits per heavy atom. The molecule has 4 nitrogen and oxygen atoms in total. The van der Waals surface area contributed by atoms with E-state index in [0.717, 1.165) is 35.1 Å². The maximum Gasteiger partial charge on any atom is 0.321 e. The molecule has 0 aliphatic carbocycles. The summed E-state index contributed by atoms with van der Waals surface area (Å²) in [6.45, 7) is 10.6. The summed E-state index contributed by atoms with van der Waals surface area (Å²) in [5.74, 6) is -1.54. The number of benzene rings is 2. The zero-order chi connectivity index (χ0) is 25.5. The van der Waals surface area contributed by atoms with Gasteiger partial charge in [-0.15, -0.1) is 0 Å². The van der Waals surface area contributed by atoms with Gasteiger partial charge in [-0.2, -0.15) is 0 Å². The lowest BCUT2D eigenvalue weighted by Gasteiger charge is -2.20. The first-order valence-electron chi connectivity index (χ1n) is 12.4. The SMILES string of the molecule is CCCCCCCCCCOC(=O)C(C(=O)c1c(C)cc(C)c(C)c1C)c1ccccc1.O=[PH2+]. The largest absolute Gasteiger partial charge is 0.465 e. The highest BCUT2D eigenvalue weighted by atomic mass is 31.0. The molecule has 0 radical (unpaired) electrons. The maximum atomic E-state index is 13.7. The fourth-order valence-electron chi connectivity index (χ4n) is 4.34. The lowest BCUT2D eigenvalue weighted by atomic mass is 9.84. The highest BCUT2D eigenvalue weighted by Crippen LogP contribution is 2.29. The Balaban J connectivity index is 0.00000281. The fourth-order valence-corrected chi connectivity index (χ4v) is 4.34. The molecule has 0 bridgehead atoms.